The van der Waals surface area contributed by atoms with Crippen molar-refractivity contribution in [2.45, 2.75) is 43.4 Å². The summed E-state index contributed by atoms with van der Waals surface area (Å²) in [4.78, 5) is 0. The molecule has 1 aliphatic carbocycles. The van der Waals surface area contributed by atoms with Crippen LogP contribution in [0.4, 0.5) is 0 Å². The van der Waals surface area contributed by atoms with Crippen molar-refractivity contribution in [2.24, 2.45) is 5.92 Å². The van der Waals surface area contributed by atoms with Crippen LogP contribution in [0.2, 0.25) is 4.34 Å². The maximum absolute atomic E-state index is 12.1. The molecule has 0 saturated heterocycles. The summed E-state index contributed by atoms with van der Waals surface area (Å²) in [5, 5.41) is 0. The van der Waals surface area contributed by atoms with Crippen molar-refractivity contribution in [1.29, 1.82) is 0 Å². The van der Waals surface area contributed by atoms with Gasteiger partial charge in [0.15, 0.2) is 0 Å². The molecule has 2 rings (SSSR count). The average molecular weight is 294 g/mol. The minimum Gasteiger partial charge on any atom is -0.207 e. The zero-order valence-corrected chi connectivity index (χ0v) is 12.3. The van der Waals surface area contributed by atoms with Gasteiger partial charge in [-0.15, -0.1) is 11.3 Å². The van der Waals surface area contributed by atoms with Crippen molar-refractivity contribution in [2.75, 3.05) is 0 Å². The van der Waals surface area contributed by atoms with E-state index in [9.17, 15) is 8.42 Å². The van der Waals surface area contributed by atoms with Crippen molar-refractivity contribution in [3.8, 4) is 0 Å². The average Bonchev–Trinajstić information content (AvgIpc) is 2.75. The molecule has 0 amide bonds. The van der Waals surface area contributed by atoms with E-state index in [1.165, 1.54) is 0 Å². The molecule has 3 nitrogen and oxygen atoms in total. The Hall–Kier alpha value is -0.100. The van der Waals surface area contributed by atoms with E-state index in [1.54, 1.807) is 6.07 Å². The van der Waals surface area contributed by atoms with Gasteiger partial charge >= 0.3 is 0 Å². The first-order valence-electron chi connectivity index (χ1n) is 5.67. The molecule has 1 aliphatic rings. The number of halogens is 1. The Morgan fingerprint density at radius 2 is 2.18 bits per heavy atom. The second-order valence-corrected chi connectivity index (χ2v) is 8.35. The predicted octanol–water partition coefficient (Wildman–Crippen LogP) is 3.18. The number of hydrogen-bond acceptors (Lipinski definition) is 3. The number of rotatable bonds is 3. The Kier molecular flexibility index (Phi) is 3.83. The largest absolute Gasteiger partial charge is 0.250 e. The second-order valence-electron chi connectivity index (χ2n) is 4.76. The van der Waals surface area contributed by atoms with E-state index in [2.05, 4.69) is 11.6 Å². The molecule has 2 atom stereocenters. The summed E-state index contributed by atoms with van der Waals surface area (Å²) in [5.74, 6) is 0.608. The quantitative estimate of drug-likeness (QED) is 0.930. The highest BCUT2D eigenvalue weighted by Crippen LogP contribution is 2.31. The Bertz CT molecular complexity index is 490. The molecular weight excluding hydrogens is 278 g/mol. The van der Waals surface area contributed by atoms with E-state index in [4.69, 9.17) is 11.6 Å². The van der Waals surface area contributed by atoms with Crippen LogP contribution < -0.4 is 4.72 Å². The molecule has 0 spiro atoms. The van der Waals surface area contributed by atoms with Crippen LogP contribution in [0.5, 0.6) is 0 Å². The number of nitrogens with one attached hydrogen (secondary N) is 1. The van der Waals surface area contributed by atoms with Gasteiger partial charge in [-0.3, -0.25) is 0 Å². The second kappa shape index (κ2) is 4.88. The van der Waals surface area contributed by atoms with E-state index in [-0.39, 0.29) is 6.04 Å². The van der Waals surface area contributed by atoms with Crippen molar-refractivity contribution in [3.63, 3.8) is 0 Å². The zero-order valence-electron chi connectivity index (χ0n) is 9.86. The van der Waals surface area contributed by atoms with Crippen LogP contribution in [0.25, 0.3) is 0 Å². The van der Waals surface area contributed by atoms with Crippen LogP contribution >= 0.6 is 22.9 Å². The summed E-state index contributed by atoms with van der Waals surface area (Å²) in [5.41, 5.74) is 0.817. The smallest absolute Gasteiger partial charge is 0.207 e. The molecule has 1 N–H and O–H groups in total. The van der Waals surface area contributed by atoms with Crippen LogP contribution in [0.15, 0.2) is 10.3 Å². The third-order valence-corrected chi connectivity index (χ3v) is 6.67. The van der Waals surface area contributed by atoms with E-state index in [1.807, 2.05) is 6.92 Å². The Morgan fingerprint density at radius 3 is 2.65 bits per heavy atom. The fourth-order valence-corrected chi connectivity index (χ4v) is 5.16. The normalized spacial score (nSPS) is 25.4. The summed E-state index contributed by atoms with van der Waals surface area (Å²) in [6, 6.07) is 1.71. The molecule has 96 valence electrons. The van der Waals surface area contributed by atoms with Gasteiger partial charge in [0.1, 0.15) is 4.21 Å². The number of sulfonamides is 1. The first kappa shape index (κ1) is 13.3. The van der Waals surface area contributed by atoms with E-state index in [0.29, 0.717) is 14.5 Å². The third kappa shape index (κ3) is 3.02. The lowest BCUT2D eigenvalue weighted by Gasteiger charge is -2.11. The van der Waals surface area contributed by atoms with E-state index in [0.717, 1.165) is 36.2 Å². The standard InChI is InChI=1S/C11H16ClNO2S2/c1-7-3-4-9(5-7)13-17(14,15)10-6-8(2)11(12)16-10/h6-7,9,13H,3-5H2,1-2H3. The molecule has 6 heteroatoms. The minimum absolute atomic E-state index is 0.0798. The molecule has 0 radical (unpaired) electrons. The fourth-order valence-electron chi connectivity index (χ4n) is 2.16. The molecule has 1 heterocycles. The van der Waals surface area contributed by atoms with Gasteiger partial charge in [-0.1, -0.05) is 18.5 Å². The topological polar surface area (TPSA) is 46.2 Å². The summed E-state index contributed by atoms with van der Waals surface area (Å²) in [6.07, 6.45) is 2.95. The fraction of sp³-hybridized carbons (Fsp3) is 0.636. The van der Waals surface area contributed by atoms with Crippen molar-refractivity contribution < 1.29 is 8.42 Å². The van der Waals surface area contributed by atoms with Crippen molar-refractivity contribution in [3.05, 3.63) is 16.0 Å². The van der Waals surface area contributed by atoms with Gasteiger partial charge in [0.2, 0.25) is 10.0 Å². The third-order valence-electron chi connectivity index (χ3n) is 3.12. The zero-order chi connectivity index (χ0) is 12.6. The molecule has 0 aromatic carbocycles. The molecule has 2 unspecified atom stereocenters. The predicted molar refractivity (Wildman–Crippen MR) is 71.2 cm³/mol. The van der Waals surface area contributed by atoms with Crippen molar-refractivity contribution >= 4 is 33.0 Å². The van der Waals surface area contributed by atoms with Crippen LogP contribution in [0.3, 0.4) is 0 Å². The maximum Gasteiger partial charge on any atom is 0.250 e. The SMILES string of the molecule is Cc1cc(S(=O)(=O)NC2CCC(C)C2)sc1Cl. The van der Waals surface area contributed by atoms with Crippen molar-refractivity contribution in [1.82, 2.24) is 4.72 Å². The molecule has 0 bridgehead atoms. The monoisotopic (exact) mass is 293 g/mol. The molecule has 0 aliphatic heterocycles. The first-order chi connectivity index (χ1) is 7.88. The number of aryl methyl sites for hydroxylation is 1. The lowest BCUT2D eigenvalue weighted by atomic mass is 10.1. The Morgan fingerprint density at radius 1 is 1.47 bits per heavy atom. The van der Waals surface area contributed by atoms with Gasteiger partial charge in [-0.2, -0.15) is 0 Å². The highest BCUT2D eigenvalue weighted by Gasteiger charge is 2.27. The van der Waals surface area contributed by atoms with E-state index >= 15 is 0 Å². The van der Waals surface area contributed by atoms with Gasteiger partial charge in [0.05, 0.1) is 4.34 Å². The minimum atomic E-state index is -3.38. The molecule has 1 fully saturated rings. The van der Waals surface area contributed by atoms with Gasteiger partial charge < -0.3 is 0 Å². The molecule has 1 saturated carbocycles. The van der Waals surface area contributed by atoms with Crippen LogP contribution in [0.1, 0.15) is 31.7 Å². The highest BCUT2D eigenvalue weighted by molar-refractivity contribution is 7.91. The summed E-state index contributed by atoms with van der Waals surface area (Å²) in [6.45, 7) is 3.97. The Balaban J connectivity index is 2.14. The number of thiophene rings is 1. The maximum atomic E-state index is 12.1. The highest BCUT2D eigenvalue weighted by atomic mass is 35.5. The lowest BCUT2D eigenvalue weighted by molar-refractivity contribution is 0.540. The number of hydrogen-bond donors (Lipinski definition) is 1. The summed E-state index contributed by atoms with van der Waals surface area (Å²) >= 11 is 7.02. The Labute approximate surface area is 111 Å². The van der Waals surface area contributed by atoms with Gasteiger partial charge in [-0.05, 0) is 43.7 Å². The van der Waals surface area contributed by atoms with Crippen LogP contribution in [0, 0.1) is 12.8 Å². The van der Waals surface area contributed by atoms with Crippen LogP contribution in [-0.2, 0) is 10.0 Å². The molecule has 17 heavy (non-hydrogen) atoms. The van der Waals surface area contributed by atoms with Gasteiger partial charge in [-0.25, -0.2) is 13.1 Å². The molecular formula is C11H16ClNO2S2. The van der Waals surface area contributed by atoms with E-state index < -0.39 is 10.0 Å². The van der Waals surface area contributed by atoms with Gasteiger partial charge in [0, 0.05) is 6.04 Å². The summed E-state index contributed by atoms with van der Waals surface area (Å²) in [7, 11) is -3.38. The van der Waals surface area contributed by atoms with Crippen LogP contribution in [-0.4, -0.2) is 14.5 Å². The first-order valence-corrected chi connectivity index (χ1v) is 8.34. The lowest BCUT2D eigenvalue weighted by Crippen LogP contribution is -2.32. The summed E-state index contributed by atoms with van der Waals surface area (Å²) < 4.78 is 27.8. The molecule has 1 aromatic rings. The van der Waals surface area contributed by atoms with Gasteiger partial charge in [0.25, 0.3) is 0 Å². The molecule has 1 aromatic heterocycles.